The van der Waals surface area contributed by atoms with Crippen LogP contribution in [-0.4, -0.2) is 61.0 Å². The van der Waals surface area contributed by atoms with E-state index in [1.54, 1.807) is 11.3 Å². The molecule has 0 saturated carbocycles. The molecule has 4 rings (SSSR count). The third-order valence-corrected chi connectivity index (χ3v) is 6.84. The monoisotopic (exact) mass is 425 g/mol. The molecule has 1 aromatic heterocycles. The number of carbonyl (C=O) groups excluding carboxylic acids is 1. The molecule has 0 spiro atoms. The first-order valence-corrected chi connectivity index (χ1v) is 10.4. The van der Waals surface area contributed by atoms with Gasteiger partial charge in [0.15, 0.2) is 0 Å². The SMILES string of the molecule is Cc1cc(C(=O)N2CCC(N3CCNCC3)C2)sc1-c1cccc(Cl)c1.Cl. The van der Waals surface area contributed by atoms with Gasteiger partial charge in [-0.05, 0) is 42.7 Å². The van der Waals surface area contributed by atoms with Crippen LogP contribution in [0.4, 0.5) is 0 Å². The van der Waals surface area contributed by atoms with Crippen molar-refractivity contribution in [1.82, 2.24) is 15.1 Å². The van der Waals surface area contributed by atoms with Crippen LogP contribution < -0.4 is 5.32 Å². The Morgan fingerprint density at radius 1 is 1.22 bits per heavy atom. The molecule has 4 nitrogen and oxygen atoms in total. The summed E-state index contributed by atoms with van der Waals surface area (Å²) in [6.45, 7) is 8.05. The Hall–Kier alpha value is -1.11. The van der Waals surface area contributed by atoms with Gasteiger partial charge in [-0.15, -0.1) is 23.7 Å². The molecular formula is C20H25Cl2N3OS. The second-order valence-corrected chi connectivity index (χ2v) is 8.60. The van der Waals surface area contributed by atoms with Crippen molar-refractivity contribution in [2.24, 2.45) is 0 Å². The van der Waals surface area contributed by atoms with E-state index in [1.165, 1.54) is 0 Å². The number of carbonyl (C=O) groups is 1. The van der Waals surface area contributed by atoms with E-state index in [1.807, 2.05) is 29.2 Å². The zero-order valence-corrected chi connectivity index (χ0v) is 17.8. The topological polar surface area (TPSA) is 35.6 Å². The molecule has 2 aliphatic heterocycles. The number of nitrogens with zero attached hydrogens (tertiary/aromatic N) is 2. The van der Waals surface area contributed by atoms with Crippen LogP contribution >= 0.6 is 35.3 Å². The fourth-order valence-electron chi connectivity index (χ4n) is 3.93. The summed E-state index contributed by atoms with van der Waals surface area (Å²) in [5.74, 6) is 0.170. The van der Waals surface area contributed by atoms with Crippen LogP contribution in [0.15, 0.2) is 30.3 Å². The fraction of sp³-hybridized carbons (Fsp3) is 0.450. The molecule has 146 valence electrons. The number of hydrogen-bond acceptors (Lipinski definition) is 4. The number of amides is 1. The van der Waals surface area contributed by atoms with Gasteiger partial charge < -0.3 is 10.2 Å². The first-order valence-electron chi connectivity index (χ1n) is 9.22. The largest absolute Gasteiger partial charge is 0.336 e. The number of benzene rings is 1. The highest BCUT2D eigenvalue weighted by Gasteiger charge is 2.32. The summed E-state index contributed by atoms with van der Waals surface area (Å²) in [6.07, 6.45) is 1.08. The minimum atomic E-state index is 0. The van der Waals surface area contributed by atoms with Crippen LogP contribution in [0.1, 0.15) is 21.7 Å². The van der Waals surface area contributed by atoms with Gasteiger partial charge in [0, 0.05) is 55.2 Å². The summed E-state index contributed by atoms with van der Waals surface area (Å²) >= 11 is 7.71. The highest BCUT2D eigenvalue weighted by molar-refractivity contribution is 7.17. The number of hydrogen-bond donors (Lipinski definition) is 1. The van der Waals surface area contributed by atoms with Crippen LogP contribution in [0, 0.1) is 6.92 Å². The Labute approximate surface area is 175 Å². The lowest BCUT2D eigenvalue weighted by molar-refractivity contribution is 0.0778. The van der Waals surface area contributed by atoms with E-state index in [9.17, 15) is 4.79 Å². The Balaban J connectivity index is 0.00000210. The van der Waals surface area contributed by atoms with Crippen molar-refractivity contribution in [2.75, 3.05) is 39.3 Å². The van der Waals surface area contributed by atoms with Crippen molar-refractivity contribution in [3.63, 3.8) is 0 Å². The van der Waals surface area contributed by atoms with Crippen molar-refractivity contribution in [1.29, 1.82) is 0 Å². The Morgan fingerprint density at radius 2 is 2.00 bits per heavy atom. The van der Waals surface area contributed by atoms with Gasteiger partial charge in [0.25, 0.3) is 5.91 Å². The molecule has 1 aromatic carbocycles. The van der Waals surface area contributed by atoms with Gasteiger partial charge >= 0.3 is 0 Å². The van der Waals surface area contributed by atoms with Crippen LogP contribution in [0.25, 0.3) is 10.4 Å². The lowest BCUT2D eigenvalue weighted by Gasteiger charge is -2.32. The molecule has 2 fully saturated rings. The number of piperazine rings is 1. The molecular weight excluding hydrogens is 401 g/mol. The van der Waals surface area contributed by atoms with E-state index in [4.69, 9.17) is 11.6 Å². The van der Waals surface area contributed by atoms with Crippen LogP contribution in [0.5, 0.6) is 0 Å². The van der Waals surface area contributed by atoms with Crippen molar-refractivity contribution in [3.8, 4) is 10.4 Å². The standard InChI is InChI=1S/C20H24ClN3OS.ClH/c1-14-11-18(26-19(14)15-3-2-4-16(21)12-15)20(25)24-8-5-17(13-24)23-9-6-22-7-10-23;/h2-4,11-12,17,22H,5-10,13H2,1H3;1H. The summed E-state index contributed by atoms with van der Waals surface area (Å²) in [5.41, 5.74) is 2.22. The molecule has 2 saturated heterocycles. The second kappa shape index (κ2) is 8.93. The molecule has 1 atom stereocenters. The third kappa shape index (κ3) is 4.49. The Bertz CT molecular complexity index is 804. The second-order valence-electron chi connectivity index (χ2n) is 7.11. The summed E-state index contributed by atoms with van der Waals surface area (Å²) in [4.78, 5) is 19.5. The van der Waals surface area contributed by atoms with Crippen molar-refractivity contribution < 1.29 is 4.79 Å². The van der Waals surface area contributed by atoms with E-state index in [-0.39, 0.29) is 18.3 Å². The van der Waals surface area contributed by atoms with Crippen LogP contribution in [0.2, 0.25) is 5.02 Å². The van der Waals surface area contributed by atoms with Crippen LogP contribution in [-0.2, 0) is 0 Å². The first-order chi connectivity index (χ1) is 12.6. The molecule has 0 bridgehead atoms. The number of likely N-dealkylation sites (tertiary alicyclic amines) is 1. The fourth-order valence-corrected chi connectivity index (χ4v) is 5.26. The van der Waals surface area contributed by atoms with Gasteiger partial charge in [0.2, 0.25) is 0 Å². The Morgan fingerprint density at radius 3 is 2.74 bits per heavy atom. The van der Waals surface area contributed by atoms with Gasteiger partial charge in [-0.25, -0.2) is 0 Å². The quantitative estimate of drug-likeness (QED) is 0.808. The molecule has 0 radical (unpaired) electrons. The smallest absolute Gasteiger partial charge is 0.264 e. The van der Waals surface area contributed by atoms with Gasteiger partial charge in [-0.2, -0.15) is 0 Å². The van der Waals surface area contributed by atoms with Gasteiger partial charge in [0.05, 0.1) is 4.88 Å². The van der Waals surface area contributed by atoms with Gasteiger partial charge in [-0.3, -0.25) is 9.69 Å². The van der Waals surface area contributed by atoms with E-state index in [2.05, 4.69) is 23.2 Å². The minimum Gasteiger partial charge on any atom is -0.336 e. The maximum Gasteiger partial charge on any atom is 0.264 e. The third-order valence-electron chi connectivity index (χ3n) is 5.33. The predicted molar refractivity (Wildman–Crippen MR) is 116 cm³/mol. The predicted octanol–water partition coefficient (Wildman–Crippen LogP) is 3.92. The summed E-state index contributed by atoms with van der Waals surface area (Å²) < 4.78 is 0. The number of nitrogens with one attached hydrogen (secondary N) is 1. The molecule has 2 aliphatic rings. The molecule has 7 heteroatoms. The summed E-state index contributed by atoms with van der Waals surface area (Å²) in [7, 11) is 0. The molecule has 3 heterocycles. The lowest BCUT2D eigenvalue weighted by atomic mass is 10.1. The van der Waals surface area contributed by atoms with Crippen LogP contribution in [0.3, 0.4) is 0 Å². The average Bonchev–Trinajstić information content (AvgIpc) is 3.29. The number of aryl methyl sites for hydroxylation is 1. The van der Waals surface area contributed by atoms with Crippen molar-refractivity contribution in [2.45, 2.75) is 19.4 Å². The van der Waals surface area contributed by atoms with Gasteiger partial charge in [-0.1, -0.05) is 23.7 Å². The van der Waals surface area contributed by atoms with Gasteiger partial charge in [0.1, 0.15) is 0 Å². The maximum atomic E-state index is 13.0. The van der Waals surface area contributed by atoms with Crippen molar-refractivity contribution >= 4 is 41.3 Å². The van der Waals surface area contributed by atoms with E-state index >= 15 is 0 Å². The lowest BCUT2D eigenvalue weighted by Crippen LogP contribution is -2.49. The van der Waals surface area contributed by atoms with E-state index in [0.29, 0.717) is 6.04 Å². The maximum absolute atomic E-state index is 13.0. The number of rotatable bonds is 3. The minimum absolute atomic E-state index is 0. The molecule has 27 heavy (non-hydrogen) atoms. The van der Waals surface area contributed by atoms with E-state index < -0.39 is 0 Å². The molecule has 1 amide bonds. The summed E-state index contributed by atoms with van der Waals surface area (Å²) in [6, 6.07) is 10.4. The molecule has 1 unspecified atom stereocenters. The number of halogens is 2. The first kappa shape index (κ1) is 20.6. The number of thiophene rings is 1. The molecule has 1 N–H and O–H groups in total. The molecule has 0 aliphatic carbocycles. The Kier molecular flexibility index (Phi) is 6.82. The normalized spacial score (nSPS) is 20.5. The highest BCUT2D eigenvalue weighted by atomic mass is 35.5. The van der Waals surface area contributed by atoms with E-state index in [0.717, 1.165) is 71.6 Å². The zero-order chi connectivity index (χ0) is 18.1. The molecule has 2 aromatic rings. The zero-order valence-electron chi connectivity index (χ0n) is 15.4. The average molecular weight is 426 g/mol. The highest BCUT2D eigenvalue weighted by Crippen LogP contribution is 2.34. The summed E-state index contributed by atoms with van der Waals surface area (Å²) in [5, 5.41) is 4.12. The van der Waals surface area contributed by atoms with Crippen molar-refractivity contribution in [3.05, 3.63) is 45.8 Å².